The van der Waals surface area contributed by atoms with Crippen LogP contribution in [0.15, 0.2) is 70.1 Å². The summed E-state index contributed by atoms with van der Waals surface area (Å²) in [6, 6.07) is 14.1. The molecular formula is C21H15FN4O3S. The van der Waals surface area contributed by atoms with Gasteiger partial charge in [-0.1, -0.05) is 18.2 Å². The molecular weight excluding hydrogens is 407 g/mol. The first-order chi connectivity index (χ1) is 14.4. The Hall–Kier alpha value is -3.85. The molecule has 0 atom stereocenters. The van der Waals surface area contributed by atoms with Gasteiger partial charge in [0, 0.05) is 0 Å². The summed E-state index contributed by atoms with van der Waals surface area (Å²) in [4.78, 5) is 27.8. The average Bonchev–Trinajstić information content (AvgIpc) is 3.01. The number of H-pyrrole nitrogens is 1. The van der Waals surface area contributed by atoms with Gasteiger partial charge in [0.15, 0.2) is 4.77 Å². The maximum Gasteiger partial charge on any atom is 0.280 e. The lowest BCUT2D eigenvalue weighted by Gasteiger charge is -2.12. The van der Waals surface area contributed by atoms with E-state index in [0.717, 1.165) is 0 Å². The van der Waals surface area contributed by atoms with Gasteiger partial charge in [-0.05, 0) is 61.6 Å². The Bertz CT molecular complexity index is 1330. The number of hydrogen-bond acceptors (Lipinski definition) is 5. The Morgan fingerprint density at radius 1 is 1.07 bits per heavy atom. The van der Waals surface area contributed by atoms with E-state index in [2.05, 4.69) is 10.1 Å². The first-order valence-electron chi connectivity index (χ1n) is 8.88. The highest BCUT2D eigenvalue weighted by atomic mass is 32.1. The Morgan fingerprint density at radius 2 is 1.73 bits per heavy atom. The van der Waals surface area contributed by atoms with Crippen molar-refractivity contribution in [3.63, 3.8) is 0 Å². The van der Waals surface area contributed by atoms with E-state index >= 15 is 0 Å². The summed E-state index contributed by atoms with van der Waals surface area (Å²) >= 11 is 5.15. The van der Waals surface area contributed by atoms with Gasteiger partial charge in [0.25, 0.3) is 11.5 Å². The summed E-state index contributed by atoms with van der Waals surface area (Å²) in [7, 11) is 0. The van der Waals surface area contributed by atoms with Crippen LogP contribution in [-0.2, 0) is 4.79 Å². The lowest BCUT2D eigenvalue weighted by atomic mass is 10.1. The van der Waals surface area contributed by atoms with Crippen LogP contribution in [-0.4, -0.2) is 26.3 Å². The van der Waals surface area contributed by atoms with Gasteiger partial charge in [-0.2, -0.15) is 10.1 Å². The van der Waals surface area contributed by atoms with E-state index in [-0.39, 0.29) is 15.9 Å². The molecule has 4 rings (SSSR count). The molecule has 2 aromatic carbocycles. The van der Waals surface area contributed by atoms with E-state index in [0.29, 0.717) is 17.1 Å². The Balaban J connectivity index is 1.83. The highest BCUT2D eigenvalue weighted by Crippen LogP contribution is 2.27. The summed E-state index contributed by atoms with van der Waals surface area (Å²) in [5, 5.41) is 16.2. The Kier molecular flexibility index (Phi) is 4.88. The van der Waals surface area contributed by atoms with Crippen LogP contribution in [0.3, 0.4) is 0 Å². The number of hydrogen-bond donors (Lipinski definition) is 2. The number of carbonyl (C=O) groups excluding carboxylic acids is 1. The van der Waals surface area contributed by atoms with Crippen molar-refractivity contribution in [3.05, 3.63) is 86.7 Å². The largest absolute Gasteiger partial charge is 0.494 e. The average molecular weight is 422 g/mol. The second-order valence-corrected chi connectivity index (χ2v) is 6.89. The van der Waals surface area contributed by atoms with Crippen molar-refractivity contribution in [1.82, 2.24) is 9.55 Å². The van der Waals surface area contributed by atoms with Crippen molar-refractivity contribution in [2.24, 2.45) is 5.10 Å². The van der Waals surface area contributed by atoms with Crippen molar-refractivity contribution in [2.75, 3.05) is 5.01 Å². The van der Waals surface area contributed by atoms with Crippen molar-refractivity contribution in [1.29, 1.82) is 0 Å². The van der Waals surface area contributed by atoms with E-state index in [1.165, 1.54) is 39.9 Å². The predicted octanol–water partition coefficient (Wildman–Crippen LogP) is 3.55. The quantitative estimate of drug-likeness (QED) is 0.499. The summed E-state index contributed by atoms with van der Waals surface area (Å²) < 4.78 is 14.4. The smallest absolute Gasteiger partial charge is 0.280 e. The molecule has 1 amide bonds. The standard InChI is InChI=1S/C21H15FN4O3S/c1-12-16(20(29)26(24-12)15-5-3-2-4-6-15)11-17-18(27)23-21(30)25(19(17)28)14-9-7-13(22)8-10-14/h2-11,28H,1H3,(H,23,27,30)/b16-11+. The van der Waals surface area contributed by atoms with E-state index in [4.69, 9.17) is 12.2 Å². The van der Waals surface area contributed by atoms with Gasteiger partial charge in [-0.3, -0.25) is 19.1 Å². The number of aromatic amines is 1. The maximum absolute atomic E-state index is 13.3. The number of anilines is 1. The number of halogens is 1. The summed E-state index contributed by atoms with van der Waals surface area (Å²) in [5.41, 5.74) is 0.637. The molecule has 1 aromatic heterocycles. The zero-order chi connectivity index (χ0) is 21.4. The lowest BCUT2D eigenvalue weighted by Crippen LogP contribution is -2.22. The molecule has 2 heterocycles. The lowest BCUT2D eigenvalue weighted by molar-refractivity contribution is -0.114. The molecule has 1 aliphatic rings. The molecule has 2 N–H and O–H groups in total. The van der Waals surface area contributed by atoms with Gasteiger partial charge in [0.2, 0.25) is 5.88 Å². The molecule has 0 spiro atoms. The van der Waals surface area contributed by atoms with Crippen LogP contribution < -0.4 is 10.6 Å². The molecule has 0 aliphatic carbocycles. The van der Waals surface area contributed by atoms with E-state index in [1.807, 2.05) is 6.07 Å². The highest BCUT2D eigenvalue weighted by molar-refractivity contribution is 7.71. The van der Waals surface area contributed by atoms with Crippen molar-refractivity contribution in [2.45, 2.75) is 6.92 Å². The number of carbonyl (C=O) groups is 1. The van der Waals surface area contributed by atoms with Crippen molar-refractivity contribution >= 4 is 35.6 Å². The summed E-state index contributed by atoms with van der Waals surface area (Å²) in [5.74, 6) is -1.36. The third kappa shape index (κ3) is 3.35. The van der Waals surface area contributed by atoms with Crippen LogP contribution >= 0.6 is 12.2 Å². The second kappa shape index (κ2) is 7.53. The fraction of sp³-hybridized carbons (Fsp3) is 0.0476. The fourth-order valence-electron chi connectivity index (χ4n) is 3.07. The minimum Gasteiger partial charge on any atom is -0.494 e. The molecule has 0 saturated carbocycles. The van der Waals surface area contributed by atoms with Gasteiger partial charge in [0.1, 0.15) is 11.4 Å². The molecule has 0 saturated heterocycles. The van der Waals surface area contributed by atoms with Gasteiger partial charge < -0.3 is 5.11 Å². The zero-order valence-electron chi connectivity index (χ0n) is 15.7. The topological polar surface area (TPSA) is 90.7 Å². The number of rotatable bonds is 3. The number of nitrogens with one attached hydrogen (secondary N) is 1. The van der Waals surface area contributed by atoms with Crippen LogP contribution in [0.25, 0.3) is 11.8 Å². The third-order valence-electron chi connectivity index (χ3n) is 4.56. The summed E-state index contributed by atoms with van der Waals surface area (Å²) in [6.07, 6.45) is 1.27. The van der Waals surface area contributed by atoms with Crippen LogP contribution in [0.1, 0.15) is 12.5 Å². The number of hydrazone groups is 1. The molecule has 9 heteroatoms. The van der Waals surface area contributed by atoms with E-state index in [1.54, 1.807) is 31.2 Å². The number of aromatic nitrogens is 2. The van der Waals surface area contributed by atoms with Crippen LogP contribution in [0, 0.1) is 10.6 Å². The Morgan fingerprint density at radius 3 is 2.40 bits per heavy atom. The number of aromatic hydroxyl groups is 1. The molecule has 1 aliphatic heterocycles. The highest BCUT2D eigenvalue weighted by Gasteiger charge is 2.29. The zero-order valence-corrected chi connectivity index (χ0v) is 16.5. The first-order valence-corrected chi connectivity index (χ1v) is 9.28. The second-order valence-electron chi connectivity index (χ2n) is 6.50. The molecule has 0 bridgehead atoms. The molecule has 0 fully saturated rings. The van der Waals surface area contributed by atoms with Crippen molar-refractivity contribution < 1.29 is 14.3 Å². The number of amides is 1. The predicted molar refractivity (Wildman–Crippen MR) is 114 cm³/mol. The number of para-hydroxylation sites is 1. The minimum atomic E-state index is -0.665. The van der Waals surface area contributed by atoms with Gasteiger partial charge in [-0.25, -0.2) is 4.39 Å². The van der Waals surface area contributed by atoms with Gasteiger partial charge >= 0.3 is 0 Å². The van der Waals surface area contributed by atoms with E-state index in [9.17, 15) is 19.1 Å². The molecule has 0 unspecified atom stereocenters. The molecule has 7 nitrogen and oxygen atoms in total. The third-order valence-corrected chi connectivity index (χ3v) is 4.84. The monoisotopic (exact) mass is 422 g/mol. The van der Waals surface area contributed by atoms with Crippen molar-refractivity contribution in [3.8, 4) is 11.6 Å². The maximum atomic E-state index is 13.3. The molecule has 3 aromatic rings. The van der Waals surface area contributed by atoms with E-state index < -0.39 is 23.2 Å². The number of nitrogens with zero attached hydrogens (tertiary/aromatic N) is 3. The fourth-order valence-corrected chi connectivity index (χ4v) is 3.36. The van der Waals surface area contributed by atoms with Gasteiger partial charge in [0.05, 0.1) is 22.7 Å². The molecule has 30 heavy (non-hydrogen) atoms. The molecule has 150 valence electrons. The normalized spacial score (nSPS) is 15.0. The van der Waals surface area contributed by atoms with Crippen LogP contribution in [0.5, 0.6) is 5.88 Å². The van der Waals surface area contributed by atoms with Gasteiger partial charge in [-0.15, -0.1) is 0 Å². The van der Waals surface area contributed by atoms with Crippen LogP contribution in [0.2, 0.25) is 0 Å². The first kappa shape index (κ1) is 19.5. The molecule has 0 radical (unpaired) electrons. The summed E-state index contributed by atoms with van der Waals surface area (Å²) in [6.45, 7) is 1.63. The SMILES string of the molecule is CC1=NN(c2ccccc2)C(=O)/C1=C/c1c(O)n(-c2ccc(F)cc2)c(=S)[nH]c1=O. The minimum absolute atomic E-state index is 0.0692. The Labute approximate surface area is 175 Å². The number of benzene rings is 2. The van der Waals surface area contributed by atoms with Crippen LogP contribution in [0.4, 0.5) is 10.1 Å².